The van der Waals surface area contributed by atoms with E-state index in [9.17, 15) is 9.59 Å². The van der Waals surface area contributed by atoms with Crippen molar-refractivity contribution in [2.45, 2.75) is 0 Å². The number of hydrogen-bond donors (Lipinski definition) is 3. The molecule has 1 heterocycles. The van der Waals surface area contributed by atoms with Gasteiger partial charge in [0, 0.05) is 5.02 Å². The van der Waals surface area contributed by atoms with E-state index < -0.39 is 5.91 Å². The Hall–Kier alpha value is -1.67. The maximum Gasteiger partial charge on any atom is 0.279 e. The van der Waals surface area contributed by atoms with Crippen LogP contribution in [0.4, 0.5) is 0 Å². The molecular formula is C13H9Cl2N3O2S2. The van der Waals surface area contributed by atoms with Crippen LogP contribution in [0.5, 0.6) is 0 Å². The Labute approximate surface area is 145 Å². The first-order valence-electron chi connectivity index (χ1n) is 5.87. The minimum absolute atomic E-state index is 0.0639. The summed E-state index contributed by atoms with van der Waals surface area (Å²) in [5, 5.41) is 4.72. The Bertz CT molecular complexity index is 720. The zero-order valence-corrected chi connectivity index (χ0v) is 14.0. The van der Waals surface area contributed by atoms with E-state index in [4.69, 9.17) is 35.4 Å². The molecule has 0 bridgehead atoms. The Balaban J connectivity index is 1.90. The highest BCUT2D eigenvalue weighted by atomic mass is 35.5. The van der Waals surface area contributed by atoms with Crippen molar-refractivity contribution in [1.29, 1.82) is 0 Å². The fraction of sp³-hybridized carbons (Fsp3) is 0. The average molecular weight is 374 g/mol. The first kappa shape index (κ1) is 16.7. The van der Waals surface area contributed by atoms with Crippen molar-refractivity contribution in [3.63, 3.8) is 0 Å². The van der Waals surface area contributed by atoms with Crippen molar-refractivity contribution >= 4 is 63.7 Å². The summed E-state index contributed by atoms with van der Waals surface area (Å²) in [5.41, 5.74) is 4.99. The number of thiophene rings is 1. The van der Waals surface area contributed by atoms with Crippen molar-refractivity contribution in [3.05, 3.63) is 56.2 Å². The molecular weight excluding hydrogens is 365 g/mol. The molecule has 0 atom stereocenters. The van der Waals surface area contributed by atoms with Crippen LogP contribution < -0.4 is 16.2 Å². The zero-order valence-electron chi connectivity index (χ0n) is 10.9. The number of hydrogen-bond acceptors (Lipinski definition) is 4. The van der Waals surface area contributed by atoms with Gasteiger partial charge in [0.2, 0.25) is 0 Å². The zero-order chi connectivity index (χ0) is 16.1. The Morgan fingerprint density at radius 1 is 1.09 bits per heavy atom. The first-order valence-corrected chi connectivity index (χ1v) is 7.92. The highest BCUT2D eigenvalue weighted by molar-refractivity contribution is 7.80. The number of hydrazine groups is 1. The number of carbonyl (C=O) groups excluding carboxylic acids is 2. The van der Waals surface area contributed by atoms with E-state index in [1.807, 2.05) is 0 Å². The summed E-state index contributed by atoms with van der Waals surface area (Å²) in [5.74, 6) is -0.886. The lowest BCUT2D eigenvalue weighted by Gasteiger charge is -2.11. The molecule has 22 heavy (non-hydrogen) atoms. The summed E-state index contributed by atoms with van der Waals surface area (Å²) in [6, 6.07) is 7.91. The quantitative estimate of drug-likeness (QED) is 0.558. The van der Waals surface area contributed by atoms with E-state index in [1.165, 1.54) is 23.5 Å². The number of nitrogens with one attached hydrogen (secondary N) is 3. The van der Waals surface area contributed by atoms with E-state index >= 15 is 0 Å². The third-order valence-corrected chi connectivity index (χ3v) is 4.07. The molecule has 5 nitrogen and oxygen atoms in total. The number of amides is 2. The molecule has 0 fully saturated rings. The highest BCUT2D eigenvalue weighted by Crippen LogP contribution is 2.20. The van der Waals surface area contributed by atoms with Gasteiger partial charge in [-0.1, -0.05) is 29.3 Å². The predicted molar refractivity (Wildman–Crippen MR) is 91.4 cm³/mol. The van der Waals surface area contributed by atoms with Crippen molar-refractivity contribution in [2.24, 2.45) is 0 Å². The van der Waals surface area contributed by atoms with Crippen LogP contribution in [-0.2, 0) is 0 Å². The van der Waals surface area contributed by atoms with Gasteiger partial charge in [-0.15, -0.1) is 11.3 Å². The van der Waals surface area contributed by atoms with Crippen LogP contribution in [0, 0.1) is 0 Å². The van der Waals surface area contributed by atoms with Gasteiger partial charge >= 0.3 is 0 Å². The normalized spacial score (nSPS) is 9.91. The third-order valence-electron chi connectivity index (χ3n) is 2.43. The summed E-state index contributed by atoms with van der Waals surface area (Å²) in [4.78, 5) is 24.2. The van der Waals surface area contributed by atoms with Gasteiger partial charge in [-0.05, 0) is 41.9 Å². The molecule has 0 aliphatic heterocycles. The van der Waals surface area contributed by atoms with Gasteiger partial charge in [-0.2, -0.15) is 0 Å². The summed E-state index contributed by atoms with van der Waals surface area (Å²) in [6.07, 6.45) is 0. The van der Waals surface area contributed by atoms with E-state index in [-0.39, 0.29) is 21.6 Å². The second-order valence-corrected chi connectivity index (χ2v) is 6.16. The molecule has 0 aliphatic carbocycles. The molecule has 0 saturated heterocycles. The molecule has 0 saturated carbocycles. The van der Waals surface area contributed by atoms with Gasteiger partial charge in [0.25, 0.3) is 11.8 Å². The molecule has 0 radical (unpaired) electrons. The minimum Gasteiger partial charge on any atom is -0.298 e. The van der Waals surface area contributed by atoms with Crippen LogP contribution in [0.15, 0.2) is 35.7 Å². The molecule has 114 valence electrons. The lowest BCUT2D eigenvalue weighted by atomic mass is 10.2. The largest absolute Gasteiger partial charge is 0.298 e. The summed E-state index contributed by atoms with van der Waals surface area (Å²) >= 11 is 17.9. The van der Waals surface area contributed by atoms with E-state index in [2.05, 4.69) is 16.2 Å². The summed E-state index contributed by atoms with van der Waals surface area (Å²) < 4.78 is 0. The number of halogens is 2. The molecule has 0 spiro atoms. The molecule has 1 aromatic carbocycles. The molecule has 3 N–H and O–H groups in total. The fourth-order valence-electron chi connectivity index (χ4n) is 1.46. The number of rotatable bonds is 2. The standard InChI is InChI=1S/C13H9Cl2N3O2S2/c14-7-3-4-9(15)8(6-7)11(19)16-13(21)18-17-12(20)10-2-1-5-22-10/h1-6H,(H,17,20)(H2,16,18,19,21). The summed E-state index contributed by atoms with van der Waals surface area (Å²) in [7, 11) is 0. The number of benzene rings is 1. The minimum atomic E-state index is -0.532. The Kier molecular flexibility index (Phi) is 5.73. The Morgan fingerprint density at radius 2 is 1.86 bits per heavy atom. The third kappa shape index (κ3) is 4.41. The molecule has 1 aromatic heterocycles. The molecule has 2 rings (SSSR count). The fourth-order valence-corrected chi connectivity index (χ4v) is 2.59. The molecule has 0 aliphatic rings. The van der Waals surface area contributed by atoms with Gasteiger partial charge in [-0.3, -0.25) is 25.8 Å². The van der Waals surface area contributed by atoms with Gasteiger partial charge in [-0.25, -0.2) is 0 Å². The van der Waals surface area contributed by atoms with Crippen LogP contribution in [-0.4, -0.2) is 16.9 Å². The van der Waals surface area contributed by atoms with Crippen molar-refractivity contribution in [2.75, 3.05) is 0 Å². The van der Waals surface area contributed by atoms with E-state index in [0.29, 0.717) is 9.90 Å². The second kappa shape index (κ2) is 7.55. The Morgan fingerprint density at radius 3 is 2.55 bits per heavy atom. The van der Waals surface area contributed by atoms with Crippen LogP contribution in [0.1, 0.15) is 20.0 Å². The average Bonchev–Trinajstić information content (AvgIpc) is 3.01. The first-order chi connectivity index (χ1) is 10.5. The topological polar surface area (TPSA) is 70.2 Å². The van der Waals surface area contributed by atoms with Gasteiger partial charge in [0.15, 0.2) is 5.11 Å². The lowest BCUT2D eigenvalue weighted by molar-refractivity contribution is 0.0938. The predicted octanol–water partition coefficient (Wildman–Crippen LogP) is 3.00. The van der Waals surface area contributed by atoms with Crippen molar-refractivity contribution in [3.8, 4) is 0 Å². The lowest BCUT2D eigenvalue weighted by Crippen LogP contribution is -2.48. The highest BCUT2D eigenvalue weighted by Gasteiger charge is 2.13. The monoisotopic (exact) mass is 373 g/mol. The van der Waals surface area contributed by atoms with Gasteiger partial charge in [0.1, 0.15) is 0 Å². The van der Waals surface area contributed by atoms with Crippen LogP contribution >= 0.6 is 46.8 Å². The van der Waals surface area contributed by atoms with Crippen LogP contribution in [0.3, 0.4) is 0 Å². The van der Waals surface area contributed by atoms with Crippen LogP contribution in [0.2, 0.25) is 10.0 Å². The van der Waals surface area contributed by atoms with Crippen molar-refractivity contribution in [1.82, 2.24) is 16.2 Å². The van der Waals surface area contributed by atoms with E-state index in [0.717, 1.165) is 0 Å². The second-order valence-electron chi connectivity index (χ2n) is 3.96. The molecule has 2 amide bonds. The molecule has 9 heteroatoms. The number of thiocarbonyl (C=S) groups is 1. The summed E-state index contributed by atoms with van der Waals surface area (Å²) in [6.45, 7) is 0. The molecule has 2 aromatic rings. The smallest absolute Gasteiger partial charge is 0.279 e. The maximum atomic E-state index is 12.0. The van der Waals surface area contributed by atoms with Gasteiger partial charge < -0.3 is 0 Å². The van der Waals surface area contributed by atoms with Crippen molar-refractivity contribution < 1.29 is 9.59 Å². The molecule has 0 unspecified atom stereocenters. The number of carbonyl (C=O) groups is 2. The SMILES string of the molecule is O=C(NNC(=S)NC(=O)c1cc(Cl)ccc1Cl)c1cccs1. The van der Waals surface area contributed by atoms with Gasteiger partial charge in [0.05, 0.1) is 15.5 Å². The maximum absolute atomic E-state index is 12.0. The van der Waals surface area contributed by atoms with Crippen LogP contribution in [0.25, 0.3) is 0 Å². The van der Waals surface area contributed by atoms with E-state index in [1.54, 1.807) is 23.6 Å².